The normalized spacial score (nSPS) is 15.0. The highest BCUT2D eigenvalue weighted by Crippen LogP contribution is 2.32. The third-order valence-electron chi connectivity index (χ3n) is 4.23. The van der Waals surface area contributed by atoms with E-state index in [1.54, 1.807) is 30.6 Å². The highest BCUT2D eigenvalue weighted by molar-refractivity contribution is 6.32. The highest BCUT2D eigenvalue weighted by atomic mass is 35.5. The molecule has 25 heavy (non-hydrogen) atoms. The minimum Gasteiger partial charge on any atom is -0.493 e. The van der Waals surface area contributed by atoms with Crippen LogP contribution < -0.4 is 10.1 Å². The van der Waals surface area contributed by atoms with Gasteiger partial charge in [0.25, 0.3) is 0 Å². The number of para-hydroxylation sites is 1. The zero-order chi connectivity index (χ0) is 17.6. The Labute approximate surface area is 152 Å². The number of nitrogens with one attached hydrogen (secondary N) is 1. The van der Waals surface area contributed by atoms with Crippen molar-refractivity contribution in [2.24, 2.45) is 0 Å². The van der Waals surface area contributed by atoms with E-state index >= 15 is 0 Å². The number of piperazine rings is 1. The molecule has 2 aromatic rings. The van der Waals surface area contributed by atoms with E-state index in [4.69, 9.17) is 16.3 Å². The zero-order valence-corrected chi connectivity index (χ0v) is 14.9. The monoisotopic (exact) mass is 360 g/mol. The van der Waals surface area contributed by atoms with Crippen LogP contribution in [0.1, 0.15) is 5.56 Å². The number of carbonyl (C=O) groups is 1. The number of methoxy groups -OCH3 is 1. The first-order valence-electron chi connectivity index (χ1n) is 8.17. The van der Waals surface area contributed by atoms with Crippen molar-refractivity contribution >= 4 is 23.3 Å². The average Bonchev–Trinajstić information content (AvgIpc) is 2.63. The number of anilines is 1. The number of rotatable bonds is 4. The molecule has 2 amide bonds. The quantitative estimate of drug-likeness (QED) is 0.910. The molecule has 0 unspecified atom stereocenters. The molecule has 1 saturated heterocycles. The van der Waals surface area contributed by atoms with Gasteiger partial charge in [-0.2, -0.15) is 0 Å². The number of ether oxygens (including phenoxy) is 1. The van der Waals surface area contributed by atoms with Crippen molar-refractivity contribution in [3.8, 4) is 5.75 Å². The number of hydrogen-bond acceptors (Lipinski definition) is 4. The van der Waals surface area contributed by atoms with Crippen molar-refractivity contribution in [1.29, 1.82) is 0 Å². The van der Waals surface area contributed by atoms with Gasteiger partial charge in [-0.1, -0.05) is 17.7 Å². The summed E-state index contributed by atoms with van der Waals surface area (Å²) in [6.07, 6.45) is 3.61. The summed E-state index contributed by atoms with van der Waals surface area (Å²) in [7, 11) is 1.54. The molecule has 3 rings (SSSR count). The predicted octanol–water partition coefficient (Wildman–Crippen LogP) is 3.09. The highest BCUT2D eigenvalue weighted by Gasteiger charge is 2.22. The first-order chi connectivity index (χ1) is 12.2. The Morgan fingerprint density at radius 3 is 2.60 bits per heavy atom. The Hall–Kier alpha value is -2.31. The molecule has 1 aliphatic rings. The number of pyridine rings is 1. The van der Waals surface area contributed by atoms with Gasteiger partial charge in [0.15, 0.2) is 5.75 Å². The molecule has 0 aliphatic carbocycles. The number of hydrogen-bond donors (Lipinski definition) is 1. The molecule has 0 saturated carbocycles. The van der Waals surface area contributed by atoms with E-state index in [0.29, 0.717) is 29.5 Å². The molecule has 6 nitrogen and oxygen atoms in total. The van der Waals surface area contributed by atoms with Gasteiger partial charge in [-0.05, 0) is 29.8 Å². The molecule has 132 valence electrons. The molecule has 2 heterocycles. The van der Waals surface area contributed by atoms with E-state index in [1.807, 2.05) is 17.0 Å². The number of aromatic nitrogens is 1. The van der Waals surface area contributed by atoms with Crippen molar-refractivity contribution in [3.05, 3.63) is 53.3 Å². The van der Waals surface area contributed by atoms with Crippen LogP contribution in [0.3, 0.4) is 0 Å². The fourth-order valence-corrected chi connectivity index (χ4v) is 3.12. The number of halogens is 1. The average molecular weight is 361 g/mol. The van der Waals surface area contributed by atoms with E-state index < -0.39 is 0 Å². The smallest absolute Gasteiger partial charge is 0.322 e. The molecule has 1 fully saturated rings. The molecule has 0 atom stereocenters. The molecule has 0 spiro atoms. The lowest BCUT2D eigenvalue weighted by Crippen LogP contribution is -2.49. The minimum atomic E-state index is -0.135. The van der Waals surface area contributed by atoms with Gasteiger partial charge in [-0.3, -0.25) is 9.88 Å². The maximum absolute atomic E-state index is 12.5. The van der Waals surface area contributed by atoms with E-state index in [1.165, 1.54) is 12.7 Å². The summed E-state index contributed by atoms with van der Waals surface area (Å²) in [5, 5.41) is 3.36. The lowest BCUT2D eigenvalue weighted by atomic mass is 10.2. The van der Waals surface area contributed by atoms with Crippen LogP contribution in [0.25, 0.3) is 0 Å². The van der Waals surface area contributed by atoms with Crippen molar-refractivity contribution in [3.63, 3.8) is 0 Å². The summed E-state index contributed by atoms with van der Waals surface area (Å²) in [5.41, 5.74) is 1.82. The Balaban J connectivity index is 1.54. The van der Waals surface area contributed by atoms with E-state index in [9.17, 15) is 4.79 Å². The van der Waals surface area contributed by atoms with Gasteiger partial charge in [-0.15, -0.1) is 0 Å². The van der Waals surface area contributed by atoms with Crippen LogP contribution in [0, 0.1) is 0 Å². The molecule has 1 aromatic heterocycles. The standard InChI is InChI=1S/C18H21ClN4O2/c1-25-17-15(19)3-2-4-16(17)21-18(24)23-11-9-22(10-12-23)13-14-5-7-20-8-6-14/h2-8H,9-13H2,1H3,(H,21,24). The van der Waals surface area contributed by atoms with E-state index in [-0.39, 0.29) is 6.03 Å². The molecular weight excluding hydrogens is 340 g/mol. The Kier molecular flexibility index (Phi) is 5.73. The summed E-state index contributed by atoms with van der Waals surface area (Å²) < 4.78 is 5.27. The number of nitrogens with zero attached hydrogens (tertiary/aromatic N) is 3. The Morgan fingerprint density at radius 1 is 1.20 bits per heavy atom. The minimum absolute atomic E-state index is 0.135. The van der Waals surface area contributed by atoms with Crippen LogP contribution in [0.5, 0.6) is 5.75 Å². The van der Waals surface area contributed by atoms with Gasteiger partial charge in [0.1, 0.15) is 0 Å². The van der Waals surface area contributed by atoms with Crippen molar-refractivity contribution in [2.75, 3.05) is 38.6 Å². The van der Waals surface area contributed by atoms with Crippen LogP contribution in [-0.4, -0.2) is 54.1 Å². The Morgan fingerprint density at radius 2 is 1.92 bits per heavy atom. The third-order valence-corrected chi connectivity index (χ3v) is 4.53. The summed E-state index contributed by atoms with van der Waals surface area (Å²) in [6.45, 7) is 3.91. The Bertz CT molecular complexity index is 718. The molecule has 1 aliphatic heterocycles. The summed E-state index contributed by atoms with van der Waals surface area (Å²) in [5.74, 6) is 0.480. The third kappa shape index (κ3) is 4.41. The number of benzene rings is 1. The van der Waals surface area contributed by atoms with Crippen molar-refractivity contribution < 1.29 is 9.53 Å². The molecule has 7 heteroatoms. The molecule has 0 radical (unpaired) electrons. The second kappa shape index (κ2) is 8.18. The fourth-order valence-electron chi connectivity index (χ4n) is 2.86. The number of carbonyl (C=O) groups excluding carboxylic acids is 1. The SMILES string of the molecule is COc1c(Cl)cccc1NC(=O)N1CCN(Cc2ccncc2)CC1. The molecule has 1 N–H and O–H groups in total. The van der Waals surface area contributed by atoms with Gasteiger partial charge in [0, 0.05) is 45.1 Å². The predicted molar refractivity (Wildman–Crippen MR) is 98.1 cm³/mol. The van der Waals surface area contributed by atoms with Gasteiger partial charge >= 0.3 is 6.03 Å². The number of urea groups is 1. The molecule has 1 aromatic carbocycles. The first kappa shape index (κ1) is 17.5. The topological polar surface area (TPSA) is 57.7 Å². The molecular formula is C18H21ClN4O2. The van der Waals surface area contributed by atoms with Crippen LogP contribution >= 0.6 is 11.6 Å². The van der Waals surface area contributed by atoms with Gasteiger partial charge in [0.05, 0.1) is 17.8 Å². The van der Waals surface area contributed by atoms with Crippen LogP contribution in [0.4, 0.5) is 10.5 Å². The number of amides is 2. The lowest BCUT2D eigenvalue weighted by molar-refractivity contribution is 0.143. The van der Waals surface area contributed by atoms with E-state index in [2.05, 4.69) is 15.2 Å². The maximum Gasteiger partial charge on any atom is 0.322 e. The van der Waals surface area contributed by atoms with Crippen LogP contribution in [0.15, 0.2) is 42.7 Å². The van der Waals surface area contributed by atoms with Crippen molar-refractivity contribution in [1.82, 2.24) is 14.8 Å². The summed E-state index contributed by atoms with van der Waals surface area (Å²) in [6, 6.07) is 9.20. The fraction of sp³-hybridized carbons (Fsp3) is 0.333. The van der Waals surface area contributed by atoms with E-state index in [0.717, 1.165) is 19.6 Å². The summed E-state index contributed by atoms with van der Waals surface area (Å²) >= 11 is 6.09. The molecule has 0 bridgehead atoms. The maximum atomic E-state index is 12.5. The van der Waals surface area contributed by atoms with Gasteiger partial charge in [0.2, 0.25) is 0 Å². The summed E-state index contributed by atoms with van der Waals surface area (Å²) in [4.78, 5) is 20.7. The first-order valence-corrected chi connectivity index (χ1v) is 8.55. The van der Waals surface area contributed by atoms with Crippen LogP contribution in [-0.2, 0) is 6.54 Å². The van der Waals surface area contributed by atoms with Crippen LogP contribution in [0.2, 0.25) is 5.02 Å². The van der Waals surface area contributed by atoms with Gasteiger partial charge in [-0.25, -0.2) is 4.79 Å². The van der Waals surface area contributed by atoms with Crippen molar-refractivity contribution in [2.45, 2.75) is 6.54 Å². The second-order valence-electron chi connectivity index (χ2n) is 5.87. The zero-order valence-electron chi connectivity index (χ0n) is 14.1. The second-order valence-corrected chi connectivity index (χ2v) is 6.28. The van der Waals surface area contributed by atoms with Gasteiger partial charge < -0.3 is 15.0 Å². The lowest BCUT2D eigenvalue weighted by Gasteiger charge is -2.34. The largest absolute Gasteiger partial charge is 0.493 e.